The summed E-state index contributed by atoms with van der Waals surface area (Å²) in [6.07, 6.45) is 0.731. The third-order valence-corrected chi connectivity index (χ3v) is 4.99. The van der Waals surface area contributed by atoms with Crippen molar-refractivity contribution in [2.75, 3.05) is 26.5 Å². The van der Waals surface area contributed by atoms with Gasteiger partial charge in [0.25, 0.3) is 0 Å². The maximum Gasteiger partial charge on any atom is 0.230 e. The Labute approximate surface area is 143 Å². The molecule has 0 spiro atoms. The van der Waals surface area contributed by atoms with E-state index in [0.717, 1.165) is 21.3 Å². The molecule has 8 heteroatoms. The number of nitrogens with one attached hydrogen (secondary N) is 1. The predicted octanol–water partition coefficient (Wildman–Crippen LogP) is 2.31. The van der Waals surface area contributed by atoms with E-state index in [-0.39, 0.29) is 5.91 Å². The molecule has 0 radical (unpaired) electrons. The van der Waals surface area contributed by atoms with E-state index < -0.39 is 0 Å². The molecular weight excluding hydrogens is 334 g/mol. The molecule has 1 aromatic heterocycles. The number of thioether (sulfide) groups is 1. The standard InChI is InChI=1S/C15H19N3O3S2/c1-10-17-18-15(23-10)22-9-14(19)16-7-6-11-4-5-12(20-2)13(8-11)21-3/h4-5,8H,6-7,9H2,1-3H3,(H,16,19). The average molecular weight is 353 g/mol. The first-order valence-corrected chi connectivity index (χ1v) is 8.83. The van der Waals surface area contributed by atoms with Crippen molar-refractivity contribution in [3.63, 3.8) is 0 Å². The molecule has 2 aromatic rings. The van der Waals surface area contributed by atoms with Crippen molar-refractivity contribution in [3.05, 3.63) is 28.8 Å². The maximum absolute atomic E-state index is 11.8. The number of amides is 1. The molecule has 0 saturated heterocycles. The third kappa shape index (κ3) is 5.40. The number of hydrogen-bond donors (Lipinski definition) is 1. The zero-order chi connectivity index (χ0) is 16.7. The van der Waals surface area contributed by atoms with E-state index in [4.69, 9.17) is 9.47 Å². The van der Waals surface area contributed by atoms with Gasteiger partial charge in [-0.05, 0) is 31.0 Å². The molecule has 2 rings (SSSR count). The predicted molar refractivity (Wildman–Crippen MR) is 91.6 cm³/mol. The molecule has 124 valence electrons. The molecule has 1 heterocycles. The molecule has 0 unspecified atom stereocenters. The molecule has 23 heavy (non-hydrogen) atoms. The summed E-state index contributed by atoms with van der Waals surface area (Å²) < 4.78 is 11.3. The SMILES string of the molecule is COc1ccc(CCNC(=O)CSc2nnc(C)s2)cc1OC. The number of carbonyl (C=O) groups excluding carboxylic acids is 1. The first kappa shape index (κ1) is 17.6. The highest BCUT2D eigenvalue weighted by Gasteiger charge is 2.07. The van der Waals surface area contributed by atoms with Crippen LogP contribution in [-0.4, -0.2) is 42.6 Å². The molecular formula is C15H19N3O3S2. The molecule has 1 aromatic carbocycles. The van der Waals surface area contributed by atoms with E-state index in [1.807, 2.05) is 25.1 Å². The van der Waals surface area contributed by atoms with Crippen molar-refractivity contribution in [2.45, 2.75) is 17.7 Å². The van der Waals surface area contributed by atoms with Gasteiger partial charge in [0, 0.05) is 6.54 Å². The van der Waals surface area contributed by atoms with Crippen LogP contribution in [0.5, 0.6) is 11.5 Å². The number of benzene rings is 1. The lowest BCUT2D eigenvalue weighted by Crippen LogP contribution is -2.27. The summed E-state index contributed by atoms with van der Waals surface area (Å²) in [7, 11) is 3.21. The van der Waals surface area contributed by atoms with Crippen molar-refractivity contribution >= 4 is 29.0 Å². The minimum Gasteiger partial charge on any atom is -0.493 e. The van der Waals surface area contributed by atoms with Gasteiger partial charge in [-0.2, -0.15) is 0 Å². The Bertz CT molecular complexity index is 661. The lowest BCUT2D eigenvalue weighted by molar-refractivity contribution is -0.118. The Hall–Kier alpha value is -1.80. The van der Waals surface area contributed by atoms with Crippen LogP contribution in [0.3, 0.4) is 0 Å². The Kier molecular flexibility index (Phi) is 6.66. The quantitative estimate of drug-likeness (QED) is 0.734. The summed E-state index contributed by atoms with van der Waals surface area (Å²) in [5.41, 5.74) is 1.08. The molecule has 0 bridgehead atoms. The van der Waals surface area contributed by atoms with Crippen LogP contribution in [0, 0.1) is 6.92 Å². The van der Waals surface area contributed by atoms with Gasteiger partial charge in [-0.3, -0.25) is 4.79 Å². The number of aromatic nitrogens is 2. The van der Waals surface area contributed by atoms with Crippen LogP contribution in [0.2, 0.25) is 0 Å². The molecule has 0 saturated carbocycles. The van der Waals surface area contributed by atoms with E-state index in [1.54, 1.807) is 14.2 Å². The van der Waals surface area contributed by atoms with E-state index in [2.05, 4.69) is 15.5 Å². The van der Waals surface area contributed by atoms with Crippen molar-refractivity contribution in [2.24, 2.45) is 0 Å². The fourth-order valence-electron chi connectivity index (χ4n) is 1.90. The van der Waals surface area contributed by atoms with Gasteiger partial charge in [-0.1, -0.05) is 29.2 Å². The molecule has 0 aliphatic carbocycles. The summed E-state index contributed by atoms with van der Waals surface area (Å²) in [4.78, 5) is 11.8. The van der Waals surface area contributed by atoms with Crippen LogP contribution in [0.15, 0.2) is 22.5 Å². The van der Waals surface area contributed by atoms with Crippen LogP contribution in [0.1, 0.15) is 10.6 Å². The zero-order valence-electron chi connectivity index (χ0n) is 13.3. The Balaban J connectivity index is 1.74. The monoisotopic (exact) mass is 353 g/mol. The number of nitrogens with zero attached hydrogens (tertiary/aromatic N) is 2. The number of aryl methyl sites for hydroxylation is 1. The molecule has 1 N–H and O–H groups in total. The Morgan fingerprint density at radius 1 is 1.26 bits per heavy atom. The lowest BCUT2D eigenvalue weighted by Gasteiger charge is -2.10. The van der Waals surface area contributed by atoms with Crippen LogP contribution < -0.4 is 14.8 Å². The van der Waals surface area contributed by atoms with Crippen molar-refractivity contribution in [3.8, 4) is 11.5 Å². The summed E-state index contributed by atoms with van der Waals surface area (Å²) in [5.74, 6) is 1.73. The Morgan fingerprint density at radius 2 is 2.04 bits per heavy atom. The zero-order valence-corrected chi connectivity index (χ0v) is 14.9. The summed E-state index contributed by atoms with van der Waals surface area (Å²) in [6.45, 7) is 2.47. The maximum atomic E-state index is 11.8. The molecule has 0 aliphatic rings. The van der Waals surface area contributed by atoms with Crippen molar-refractivity contribution < 1.29 is 14.3 Å². The fourth-order valence-corrected chi connectivity index (χ4v) is 3.54. The normalized spacial score (nSPS) is 10.4. The highest BCUT2D eigenvalue weighted by molar-refractivity contribution is 8.01. The van der Waals surface area contributed by atoms with Crippen LogP contribution in [0.4, 0.5) is 0 Å². The molecule has 6 nitrogen and oxygen atoms in total. The number of ether oxygens (including phenoxy) is 2. The van der Waals surface area contributed by atoms with E-state index in [1.165, 1.54) is 23.1 Å². The van der Waals surface area contributed by atoms with Gasteiger partial charge in [0.05, 0.1) is 20.0 Å². The topological polar surface area (TPSA) is 73.3 Å². The van der Waals surface area contributed by atoms with Gasteiger partial charge < -0.3 is 14.8 Å². The number of hydrogen-bond acceptors (Lipinski definition) is 7. The second kappa shape index (κ2) is 8.73. The summed E-state index contributed by atoms with van der Waals surface area (Å²) in [6, 6.07) is 5.75. The summed E-state index contributed by atoms with van der Waals surface area (Å²) in [5, 5.41) is 11.7. The van der Waals surface area contributed by atoms with Gasteiger partial charge in [-0.25, -0.2) is 0 Å². The molecule has 1 amide bonds. The second-order valence-electron chi connectivity index (χ2n) is 4.66. The number of carbonyl (C=O) groups is 1. The van der Waals surface area contributed by atoms with E-state index in [0.29, 0.717) is 23.8 Å². The fraction of sp³-hybridized carbons (Fsp3) is 0.400. The molecule has 0 atom stereocenters. The van der Waals surface area contributed by atoms with Crippen molar-refractivity contribution in [1.82, 2.24) is 15.5 Å². The highest BCUT2D eigenvalue weighted by atomic mass is 32.2. The highest BCUT2D eigenvalue weighted by Crippen LogP contribution is 2.27. The Morgan fingerprint density at radius 3 is 2.70 bits per heavy atom. The largest absolute Gasteiger partial charge is 0.493 e. The van der Waals surface area contributed by atoms with Gasteiger partial charge in [-0.15, -0.1) is 10.2 Å². The van der Waals surface area contributed by atoms with Gasteiger partial charge in [0.1, 0.15) is 5.01 Å². The first-order chi connectivity index (χ1) is 11.1. The van der Waals surface area contributed by atoms with E-state index >= 15 is 0 Å². The number of methoxy groups -OCH3 is 2. The molecule has 0 fully saturated rings. The van der Waals surface area contributed by atoms with Crippen LogP contribution in [0.25, 0.3) is 0 Å². The van der Waals surface area contributed by atoms with Gasteiger partial charge >= 0.3 is 0 Å². The van der Waals surface area contributed by atoms with Gasteiger partial charge in [0.2, 0.25) is 5.91 Å². The minimum atomic E-state index is -0.0108. The minimum absolute atomic E-state index is 0.0108. The molecule has 0 aliphatic heterocycles. The first-order valence-electron chi connectivity index (χ1n) is 7.03. The number of rotatable bonds is 8. The van der Waals surface area contributed by atoms with Crippen LogP contribution >= 0.6 is 23.1 Å². The third-order valence-electron chi connectivity index (χ3n) is 3.02. The second-order valence-corrected chi connectivity index (χ2v) is 7.07. The van der Waals surface area contributed by atoms with E-state index in [9.17, 15) is 4.79 Å². The smallest absolute Gasteiger partial charge is 0.230 e. The summed E-state index contributed by atoms with van der Waals surface area (Å²) >= 11 is 2.90. The van der Waals surface area contributed by atoms with Crippen LogP contribution in [-0.2, 0) is 11.2 Å². The lowest BCUT2D eigenvalue weighted by atomic mass is 10.1. The van der Waals surface area contributed by atoms with Crippen molar-refractivity contribution in [1.29, 1.82) is 0 Å². The van der Waals surface area contributed by atoms with Gasteiger partial charge in [0.15, 0.2) is 15.8 Å². The average Bonchev–Trinajstić information content (AvgIpc) is 2.98.